The van der Waals surface area contributed by atoms with Crippen molar-refractivity contribution in [1.29, 1.82) is 0 Å². The molecular weight excluding hydrogens is 526 g/mol. The fraction of sp³-hybridized carbons (Fsp3) is 0.444. The lowest BCUT2D eigenvalue weighted by molar-refractivity contribution is -0.153. The number of ether oxygens (including phenoxy) is 1. The van der Waals surface area contributed by atoms with E-state index in [1.54, 1.807) is 0 Å². The maximum atomic E-state index is 13.9. The normalized spacial score (nSPS) is 28.3. The molecule has 40 heavy (non-hydrogen) atoms. The molecule has 0 spiro atoms. The highest BCUT2D eigenvalue weighted by atomic mass is 16.5. The third-order valence-corrected chi connectivity index (χ3v) is 8.34. The number of primary amides is 1. The van der Waals surface area contributed by atoms with Gasteiger partial charge in [0.15, 0.2) is 11.4 Å². The number of hydrogen-bond donors (Lipinski definition) is 5. The lowest BCUT2D eigenvalue weighted by atomic mass is 9.57. The van der Waals surface area contributed by atoms with Gasteiger partial charge in [0.2, 0.25) is 5.78 Å². The number of nitrogens with two attached hydrogens (primary N) is 1. The summed E-state index contributed by atoms with van der Waals surface area (Å²) in [5.41, 5.74) is 1.13. The molecule has 1 aromatic rings. The number of amides is 2. The summed E-state index contributed by atoms with van der Waals surface area (Å²) in [5.74, 6) is -9.50. The quantitative estimate of drug-likeness (QED) is 0.173. The minimum Gasteiger partial charge on any atom is -0.508 e. The van der Waals surface area contributed by atoms with Crippen LogP contribution < -0.4 is 5.73 Å². The van der Waals surface area contributed by atoms with Crippen LogP contribution in [0.2, 0.25) is 0 Å². The van der Waals surface area contributed by atoms with E-state index in [9.17, 15) is 44.4 Å². The van der Waals surface area contributed by atoms with Gasteiger partial charge in [-0.05, 0) is 50.6 Å². The van der Waals surface area contributed by atoms with Gasteiger partial charge in [0.25, 0.3) is 17.6 Å². The molecule has 2 fully saturated rings. The summed E-state index contributed by atoms with van der Waals surface area (Å²) >= 11 is 0. The molecule has 212 valence electrons. The van der Waals surface area contributed by atoms with E-state index >= 15 is 0 Å². The summed E-state index contributed by atoms with van der Waals surface area (Å²) < 4.78 is 5.23. The molecular formula is C27H29N3O10. The summed E-state index contributed by atoms with van der Waals surface area (Å²) in [6, 6.07) is 1.16. The first-order valence-corrected chi connectivity index (χ1v) is 12.7. The fourth-order valence-corrected chi connectivity index (χ4v) is 6.48. The molecule has 1 aromatic carbocycles. The number of benzene rings is 1. The van der Waals surface area contributed by atoms with Crippen LogP contribution in [0.25, 0.3) is 5.76 Å². The van der Waals surface area contributed by atoms with Crippen molar-refractivity contribution < 1.29 is 49.1 Å². The van der Waals surface area contributed by atoms with Crippen molar-refractivity contribution >= 4 is 34.9 Å². The topological polar surface area (TPSA) is 208 Å². The maximum absolute atomic E-state index is 13.9. The number of phenolic OH excluding ortho intramolecular Hbond substituents is 1. The van der Waals surface area contributed by atoms with Crippen LogP contribution in [-0.2, 0) is 30.3 Å². The summed E-state index contributed by atoms with van der Waals surface area (Å²) in [5, 5.41) is 44.5. The highest BCUT2D eigenvalue weighted by Crippen LogP contribution is 2.53. The Hall–Kier alpha value is -4.07. The Morgan fingerprint density at radius 3 is 2.35 bits per heavy atom. The number of carbonyl (C=O) groups excluding carboxylic acids is 5. The van der Waals surface area contributed by atoms with Crippen LogP contribution in [0.1, 0.15) is 27.9 Å². The fourth-order valence-electron chi connectivity index (χ4n) is 6.48. The predicted octanol–water partition coefficient (Wildman–Crippen LogP) is -0.994. The monoisotopic (exact) mass is 555 g/mol. The Labute approximate surface area is 228 Å². The molecule has 13 nitrogen and oxygen atoms in total. The molecule has 2 amide bonds. The minimum absolute atomic E-state index is 0.0641. The molecule has 2 unspecified atom stereocenters. The van der Waals surface area contributed by atoms with E-state index in [0.29, 0.717) is 0 Å². The second-order valence-electron chi connectivity index (χ2n) is 10.7. The van der Waals surface area contributed by atoms with Crippen LogP contribution in [0.15, 0.2) is 29.0 Å². The average Bonchev–Trinajstić information content (AvgIpc) is 2.90. The number of morpholine rings is 1. The zero-order chi connectivity index (χ0) is 29.3. The molecule has 1 aliphatic heterocycles. The summed E-state index contributed by atoms with van der Waals surface area (Å²) in [7, 11) is 3.00. The van der Waals surface area contributed by atoms with Crippen molar-refractivity contribution in [1.82, 2.24) is 9.80 Å². The van der Waals surface area contributed by atoms with E-state index in [1.165, 1.54) is 30.0 Å². The van der Waals surface area contributed by atoms with E-state index in [-0.39, 0.29) is 61.4 Å². The van der Waals surface area contributed by atoms with Gasteiger partial charge in [0.05, 0.1) is 24.8 Å². The molecule has 6 N–H and O–H groups in total. The number of rotatable bonds is 4. The van der Waals surface area contributed by atoms with Gasteiger partial charge in [-0.2, -0.15) is 0 Å². The van der Waals surface area contributed by atoms with E-state index in [0.717, 1.165) is 6.07 Å². The maximum Gasteiger partial charge on any atom is 0.295 e. The summed E-state index contributed by atoms with van der Waals surface area (Å²) in [4.78, 5) is 68.2. The zero-order valence-corrected chi connectivity index (χ0v) is 21.8. The van der Waals surface area contributed by atoms with Crippen LogP contribution >= 0.6 is 0 Å². The Bertz CT molecular complexity index is 1440. The van der Waals surface area contributed by atoms with Crippen molar-refractivity contribution in [2.24, 2.45) is 17.6 Å². The molecule has 1 saturated heterocycles. The largest absolute Gasteiger partial charge is 0.508 e. The highest BCUT2D eigenvalue weighted by Gasteiger charge is 2.64. The molecule has 4 aliphatic rings. The predicted molar refractivity (Wildman–Crippen MR) is 136 cm³/mol. The molecule has 0 aromatic heterocycles. The highest BCUT2D eigenvalue weighted by molar-refractivity contribution is 6.43. The van der Waals surface area contributed by atoms with Gasteiger partial charge in [-0.1, -0.05) is 0 Å². The van der Waals surface area contributed by atoms with Crippen molar-refractivity contribution in [2.45, 2.75) is 24.5 Å². The first kappa shape index (κ1) is 27.5. The number of aliphatic hydroxyl groups excluding tert-OH is 2. The van der Waals surface area contributed by atoms with Crippen LogP contribution in [0.5, 0.6) is 5.75 Å². The number of ketones is 3. The van der Waals surface area contributed by atoms with Gasteiger partial charge >= 0.3 is 0 Å². The molecule has 1 saturated carbocycles. The van der Waals surface area contributed by atoms with Crippen molar-refractivity contribution in [3.63, 3.8) is 0 Å². The molecule has 3 aliphatic carbocycles. The van der Waals surface area contributed by atoms with Crippen LogP contribution in [0.4, 0.5) is 0 Å². The second kappa shape index (κ2) is 9.54. The number of fused-ring (bicyclic) bond motifs is 3. The lowest BCUT2D eigenvalue weighted by Gasteiger charge is -2.50. The van der Waals surface area contributed by atoms with E-state index in [2.05, 4.69) is 0 Å². The van der Waals surface area contributed by atoms with Crippen molar-refractivity contribution in [3.05, 3.63) is 45.7 Å². The molecule has 0 radical (unpaired) electrons. The Morgan fingerprint density at radius 2 is 1.75 bits per heavy atom. The molecule has 5 rings (SSSR count). The standard InChI is InChI=1S/C27H29N3O10/c1-29(2)19-14-10-11-9-13-12(20(32)26(38)30-5-7-40-8-6-30)3-4-15(31)17(13)21(33)16(11)23(35)27(14,39)24(36)18(22(19)34)25(28)37/h3-4,11,14,19,31,33,36,39H,5-10H2,1-2H3,(H2,28,37)/t11-,14-,19?,27?/m1/s1. The van der Waals surface area contributed by atoms with E-state index in [4.69, 9.17) is 10.5 Å². The third-order valence-electron chi connectivity index (χ3n) is 8.34. The van der Waals surface area contributed by atoms with E-state index < -0.39 is 75.5 Å². The van der Waals surface area contributed by atoms with Crippen molar-refractivity contribution in [2.75, 3.05) is 40.4 Å². The first-order valence-electron chi connectivity index (χ1n) is 12.7. The number of likely N-dealkylation sites (N-methyl/N-ethyl adjacent to an activating group) is 1. The van der Waals surface area contributed by atoms with Gasteiger partial charge in [-0.25, -0.2) is 0 Å². The van der Waals surface area contributed by atoms with Gasteiger partial charge in [-0.3, -0.25) is 28.9 Å². The van der Waals surface area contributed by atoms with Gasteiger partial charge in [-0.15, -0.1) is 0 Å². The molecule has 0 bridgehead atoms. The van der Waals surface area contributed by atoms with Crippen LogP contribution in [0.3, 0.4) is 0 Å². The van der Waals surface area contributed by atoms with E-state index in [1.807, 2.05) is 0 Å². The van der Waals surface area contributed by atoms with Gasteiger partial charge < -0.3 is 35.8 Å². The number of aromatic hydroxyl groups is 1. The smallest absolute Gasteiger partial charge is 0.295 e. The number of hydrogen-bond acceptors (Lipinski definition) is 11. The van der Waals surface area contributed by atoms with Crippen LogP contribution in [-0.4, -0.2) is 111 Å². The molecule has 4 atom stereocenters. The number of Topliss-reactive ketones (excluding diaryl/α,β-unsaturated/α-hetero) is 3. The summed E-state index contributed by atoms with van der Waals surface area (Å²) in [6.45, 7) is 1.00. The van der Waals surface area contributed by atoms with Crippen molar-refractivity contribution in [3.8, 4) is 5.75 Å². The average molecular weight is 556 g/mol. The van der Waals surface area contributed by atoms with Crippen LogP contribution in [0, 0.1) is 11.8 Å². The Balaban J connectivity index is 1.65. The Morgan fingerprint density at radius 1 is 1.10 bits per heavy atom. The number of aliphatic hydroxyl groups is 3. The van der Waals surface area contributed by atoms with Gasteiger partial charge in [0, 0.05) is 30.1 Å². The SMILES string of the molecule is CN(C)C1C(=O)C(C(N)=O)=C(O)C2(O)C(=O)C3=C(O)c4c(O)ccc(C(=O)C(=O)N5CCOCC5)c4C[C@@H]3C[C@H]12. The third kappa shape index (κ3) is 3.76. The molecule has 13 heteroatoms. The zero-order valence-electron chi connectivity index (χ0n) is 21.8. The van der Waals surface area contributed by atoms with Gasteiger partial charge in [0.1, 0.15) is 22.8 Å². The summed E-state index contributed by atoms with van der Waals surface area (Å²) in [6.07, 6.45) is -0.229. The number of nitrogens with zero attached hydrogens (tertiary/aromatic N) is 2. The second-order valence-corrected chi connectivity index (χ2v) is 10.7. The lowest BCUT2D eigenvalue weighted by Crippen LogP contribution is -2.65. The molecule has 1 heterocycles. The minimum atomic E-state index is -2.76. The number of carbonyl (C=O) groups is 5. The Kier molecular flexibility index (Phi) is 6.56. The first-order chi connectivity index (χ1) is 18.8. The number of phenols is 1.